The van der Waals surface area contributed by atoms with Crippen LogP contribution in [0.15, 0.2) is 29.8 Å². The molecule has 0 radical (unpaired) electrons. The van der Waals surface area contributed by atoms with Gasteiger partial charge in [0.2, 0.25) is 0 Å². The van der Waals surface area contributed by atoms with Crippen LogP contribution in [0.3, 0.4) is 0 Å². The van der Waals surface area contributed by atoms with Crippen LogP contribution in [0.2, 0.25) is 0 Å². The van der Waals surface area contributed by atoms with E-state index in [9.17, 15) is 9.59 Å². The molecule has 0 saturated heterocycles. The fourth-order valence-electron chi connectivity index (χ4n) is 2.61. The fraction of sp³-hybridized carbons (Fsp3) is 0.421. The monoisotopic (exact) mass is 375 g/mol. The van der Waals surface area contributed by atoms with Crippen LogP contribution >= 0.6 is 11.3 Å². The van der Waals surface area contributed by atoms with Gasteiger partial charge in [-0.15, -0.1) is 11.3 Å². The first-order chi connectivity index (χ1) is 12.6. The van der Waals surface area contributed by atoms with E-state index >= 15 is 0 Å². The molecule has 2 amide bonds. The number of thiazole rings is 1. The molecule has 0 unspecified atom stereocenters. The second-order valence-electron chi connectivity index (χ2n) is 5.88. The molecule has 0 atom stereocenters. The molecule has 0 saturated carbocycles. The molecule has 1 aromatic carbocycles. The Morgan fingerprint density at radius 2 is 1.81 bits per heavy atom. The fourth-order valence-corrected chi connectivity index (χ4v) is 3.31. The predicted octanol–water partition coefficient (Wildman–Crippen LogP) is 3.80. The Morgan fingerprint density at radius 1 is 1.15 bits per heavy atom. The van der Waals surface area contributed by atoms with Gasteiger partial charge in [-0.1, -0.05) is 13.8 Å². The second-order valence-corrected chi connectivity index (χ2v) is 6.74. The highest BCUT2D eigenvalue weighted by Crippen LogP contribution is 2.18. The van der Waals surface area contributed by atoms with Gasteiger partial charge < -0.3 is 15.0 Å². The number of ether oxygens (including phenoxy) is 1. The number of benzene rings is 1. The Balaban J connectivity index is 2.05. The molecule has 26 heavy (non-hydrogen) atoms. The van der Waals surface area contributed by atoms with Gasteiger partial charge >= 0.3 is 0 Å². The largest absolute Gasteiger partial charge is 0.378 e. The summed E-state index contributed by atoms with van der Waals surface area (Å²) in [6, 6.07) is 6.99. The van der Waals surface area contributed by atoms with E-state index in [2.05, 4.69) is 24.1 Å². The van der Waals surface area contributed by atoms with Gasteiger partial charge in [0.05, 0.1) is 17.8 Å². The number of nitrogens with zero attached hydrogens (tertiary/aromatic N) is 2. The summed E-state index contributed by atoms with van der Waals surface area (Å²) in [5.74, 6) is -0.200. The number of anilines is 1. The van der Waals surface area contributed by atoms with Gasteiger partial charge in [0, 0.05) is 31.5 Å². The maximum absolute atomic E-state index is 12.6. The highest BCUT2D eigenvalue weighted by molar-refractivity contribution is 7.12. The number of carbonyl (C=O) groups is 2. The summed E-state index contributed by atoms with van der Waals surface area (Å²) < 4.78 is 5.05. The number of hydrogen-bond donors (Lipinski definition) is 1. The molecule has 140 valence electrons. The Labute approximate surface area is 158 Å². The van der Waals surface area contributed by atoms with Crippen LogP contribution in [-0.2, 0) is 11.3 Å². The SMILES string of the molecule is CCCN(CCC)C(=O)c1ccc(NC(=O)c2scnc2COC)cc1. The van der Waals surface area contributed by atoms with Gasteiger partial charge in [0.1, 0.15) is 4.88 Å². The summed E-state index contributed by atoms with van der Waals surface area (Å²) in [6.45, 7) is 5.92. The molecule has 0 aliphatic carbocycles. The number of rotatable bonds is 9. The minimum absolute atomic E-state index is 0.0245. The Bertz CT molecular complexity index is 722. The molecular formula is C19H25N3O3S. The average Bonchev–Trinajstić information content (AvgIpc) is 3.10. The van der Waals surface area contributed by atoms with Gasteiger partial charge in [-0.3, -0.25) is 9.59 Å². The highest BCUT2D eigenvalue weighted by Gasteiger charge is 2.16. The lowest BCUT2D eigenvalue weighted by atomic mass is 10.1. The van der Waals surface area contributed by atoms with Crippen molar-refractivity contribution in [2.45, 2.75) is 33.3 Å². The first-order valence-corrected chi connectivity index (χ1v) is 9.60. The molecule has 1 heterocycles. The van der Waals surface area contributed by atoms with Crippen LogP contribution in [-0.4, -0.2) is 41.9 Å². The third-order valence-corrected chi connectivity index (χ3v) is 4.66. The van der Waals surface area contributed by atoms with Crippen molar-refractivity contribution in [2.75, 3.05) is 25.5 Å². The zero-order chi connectivity index (χ0) is 18.9. The lowest BCUT2D eigenvalue weighted by Gasteiger charge is -2.21. The summed E-state index contributed by atoms with van der Waals surface area (Å²) >= 11 is 1.28. The van der Waals surface area contributed by atoms with Crippen LogP contribution in [0.5, 0.6) is 0 Å². The summed E-state index contributed by atoms with van der Waals surface area (Å²) in [7, 11) is 1.57. The molecule has 2 rings (SSSR count). The van der Waals surface area contributed by atoms with Gasteiger partial charge in [0.15, 0.2) is 0 Å². The lowest BCUT2D eigenvalue weighted by Crippen LogP contribution is -2.32. The quantitative estimate of drug-likeness (QED) is 0.723. The molecular weight excluding hydrogens is 350 g/mol. The Hall–Kier alpha value is -2.25. The molecule has 6 nitrogen and oxygen atoms in total. The van der Waals surface area contributed by atoms with E-state index in [1.807, 2.05) is 4.90 Å². The second kappa shape index (κ2) is 10.0. The van der Waals surface area contributed by atoms with Crippen molar-refractivity contribution < 1.29 is 14.3 Å². The van der Waals surface area contributed by atoms with E-state index in [0.717, 1.165) is 25.9 Å². The normalized spacial score (nSPS) is 10.6. The first-order valence-electron chi connectivity index (χ1n) is 8.72. The van der Waals surface area contributed by atoms with E-state index in [4.69, 9.17) is 4.74 Å². The zero-order valence-corrected chi connectivity index (χ0v) is 16.3. The predicted molar refractivity (Wildman–Crippen MR) is 104 cm³/mol. The molecule has 0 spiro atoms. The van der Waals surface area contributed by atoms with E-state index in [0.29, 0.717) is 28.4 Å². The molecule has 7 heteroatoms. The van der Waals surface area contributed by atoms with E-state index in [1.54, 1.807) is 36.9 Å². The molecule has 1 aromatic heterocycles. The van der Waals surface area contributed by atoms with E-state index in [-0.39, 0.29) is 11.8 Å². The summed E-state index contributed by atoms with van der Waals surface area (Å²) in [5, 5.41) is 2.84. The molecule has 1 N–H and O–H groups in total. The summed E-state index contributed by atoms with van der Waals surface area (Å²) in [4.78, 5) is 31.5. The minimum atomic E-state index is -0.225. The Morgan fingerprint density at radius 3 is 2.38 bits per heavy atom. The van der Waals surface area contributed by atoms with Crippen molar-refractivity contribution in [2.24, 2.45) is 0 Å². The zero-order valence-electron chi connectivity index (χ0n) is 15.4. The van der Waals surface area contributed by atoms with Crippen molar-refractivity contribution in [3.05, 3.63) is 45.9 Å². The molecule has 2 aromatic rings. The van der Waals surface area contributed by atoms with Crippen molar-refractivity contribution in [1.82, 2.24) is 9.88 Å². The van der Waals surface area contributed by atoms with Crippen molar-refractivity contribution in [3.63, 3.8) is 0 Å². The summed E-state index contributed by atoms with van der Waals surface area (Å²) in [5.41, 5.74) is 3.52. The van der Waals surface area contributed by atoms with Crippen molar-refractivity contribution >= 4 is 28.8 Å². The number of amides is 2. The standard InChI is InChI=1S/C19H25N3O3S/c1-4-10-22(11-5-2)19(24)14-6-8-15(9-7-14)21-18(23)17-16(12-25-3)20-13-26-17/h6-9,13H,4-5,10-12H2,1-3H3,(H,21,23). The van der Waals surface area contributed by atoms with Gasteiger partial charge in [0.25, 0.3) is 11.8 Å². The maximum atomic E-state index is 12.6. The maximum Gasteiger partial charge on any atom is 0.267 e. The third kappa shape index (κ3) is 5.12. The van der Waals surface area contributed by atoms with Crippen LogP contribution in [0.4, 0.5) is 5.69 Å². The topological polar surface area (TPSA) is 71.5 Å². The van der Waals surface area contributed by atoms with Crippen LogP contribution in [0.1, 0.15) is 52.4 Å². The average molecular weight is 375 g/mol. The number of aromatic nitrogens is 1. The summed E-state index contributed by atoms with van der Waals surface area (Å²) in [6.07, 6.45) is 1.86. The van der Waals surface area contributed by atoms with Crippen LogP contribution < -0.4 is 5.32 Å². The van der Waals surface area contributed by atoms with E-state index < -0.39 is 0 Å². The van der Waals surface area contributed by atoms with E-state index in [1.165, 1.54) is 11.3 Å². The molecule has 0 aliphatic rings. The number of hydrogen-bond acceptors (Lipinski definition) is 5. The molecule has 0 bridgehead atoms. The van der Waals surface area contributed by atoms with Gasteiger partial charge in [-0.2, -0.15) is 0 Å². The third-order valence-electron chi connectivity index (χ3n) is 3.79. The van der Waals surface area contributed by atoms with Crippen molar-refractivity contribution in [3.8, 4) is 0 Å². The van der Waals surface area contributed by atoms with Gasteiger partial charge in [-0.25, -0.2) is 4.98 Å². The van der Waals surface area contributed by atoms with Crippen molar-refractivity contribution in [1.29, 1.82) is 0 Å². The number of nitrogens with one attached hydrogen (secondary N) is 1. The Kier molecular flexibility index (Phi) is 7.74. The molecule has 0 aliphatic heterocycles. The highest BCUT2D eigenvalue weighted by atomic mass is 32.1. The first kappa shape index (κ1) is 20.1. The smallest absolute Gasteiger partial charge is 0.267 e. The van der Waals surface area contributed by atoms with Crippen LogP contribution in [0, 0.1) is 0 Å². The minimum Gasteiger partial charge on any atom is -0.378 e. The number of carbonyl (C=O) groups excluding carboxylic acids is 2. The molecule has 0 fully saturated rings. The van der Waals surface area contributed by atoms with Crippen LogP contribution in [0.25, 0.3) is 0 Å². The number of methoxy groups -OCH3 is 1. The van der Waals surface area contributed by atoms with Gasteiger partial charge in [-0.05, 0) is 37.1 Å². The lowest BCUT2D eigenvalue weighted by molar-refractivity contribution is 0.0755.